The molecule has 4 rings (SSSR count). The number of hydrogen-bond donors (Lipinski definition) is 2. The van der Waals surface area contributed by atoms with E-state index in [0.717, 1.165) is 22.8 Å². The van der Waals surface area contributed by atoms with Crippen LogP contribution in [0.15, 0.2) is 48.8 Å². The van der Waals surface area contributed by atoms with Gasteiger partial charge < -0.3 is 16.0 Å². The number of carbonyl (C=O) groups excluding carboxylic acids is 1. The Balaban J connectivity index is 1.48. The fraction of sp³-hybridized carbons (Fsp3) is 0.238. The predicted octanol–water partition coefficient (Wildman–Crippen LogP) is 3.35. The van der Waals surface area contributed by atoms with Crippen molar-refractivity contribution in [2.45, 2.75) is 32.9 Å². The second-order valence-electron chi connectivity index (χ2n) is 7.19. The van der Waals surface area contributed by atoms with Crippen LogP contribution >= 0.6 is 0 Å². The fourth-order valence-corrected chi connectivity index (χ4v) is 3.22. The molecule has 7 heteroatoms. The molecule has 0 spiro atoms. The number of aromatic nitrogens is 3. The summed E-state index contributed by atoms with van der Waals surface area (Å²) in [5, 5.41) is 2.94. The standard InChI is InChI=1S/C21H22N6O/c1-13(2)14-3-5-17(6-4-14)25-20(28)15-7-8-23-19(9-15)27-11-16-10-24-21(22)26-18(16)12-27/h3-10,13H,11-12H2,1-2H3,(H,25,28)(H2,22,24,26). The van der Waals surface area contributed by atoms with Gasteiger partial charge in [-0.2, -0.15) is 0 Å². The van der Waals surface area contributed by atoms with Crippen LogP contribution in [0.4, 0.5) is 17.5 Å². The molecule has 0 unspecified atom stereocenters. The van der Waals surface area contributed by atoms with Crippen molar-refractivity contribution in [3.63, 3.8) is 0 Å². The Morgan fingerprint density at radius 2 is 1.93 bits per heavy atom. The summed E-state index contributed by atoms with van der Waals surface area (Å²) < 4.78 is 0. The zero-order valence-corrected chi connectivity index (χ0v) is 15.9. The SMILES string of the molecule is CC(C)c1ccc(NC(=O)c2ccnc(N3Cc4cnc(N)nc4C3)c2)cc1. The molecular weight excluding hydrogens is 352 g/mol. The Bertz CT molecular complexity index is 1020. The molecule has 142 valence electrons. The number of nitrogens with two attached hydrogens (primary N) is 1. The summed E-state index contributed by atoms with van der Waals surface area (Å²) in [5.74, 6) is 1.28. The van der Waals surface area contributed by atoms with E-state index in [0.29, 0.717) is 24.6 Å². The van der Waals surface area contributed by atoms with E-state index in [1.807, 2.05) is 29.2 Å². The molecule has 1 aromatic carbocycles. The van der Waals surface area contributed by atoms with E-state index in [4.69, 9.17) is 5.73 Å². The summed E-state index contributed by atoms with van der Waals surface area (Å²) in [5.41, 5.74) is 10.2. The molecule has 28 heavy (non-hydrogen) atoms. The number of carbonyl (C=O) groups is 1. The lowest BCUT2D eigenvalue weighted by molar-refractivity contribution is 0.102. The Kier molecular flexibility index (Phi) is 4.65. The van der Waals surface area contributed by atoms with Crippen LogP contribution < -0.4 is 16.0 Å². The van der Waals surface area contributed by atoms with Gasteiger partial charge >= 0.3 is 0 Å². The number of amides is 1. The lowest BCUT2D eigenvalue weighted by Gasteiger charge is -2.16. The first-order valence-corrected chi connectivity index (χ1v) is 9.22. The van der Waals surface area contributed by atoms with Gasteiger partial charge in [-0.3, -0.25) is 4.79 Å². The molecule has 0 saturated carbocycles. The lowest BCUT2D eigenvalue weighted by Crippen LogP contribution is -2.18. The molecule has 1 aliphatic heterocycles. The van der Waals surface area contributed by atoms with Crippen LogP contribution in [0.1, 0.15) is 46.9 Å². The normalized spacial score (nSPS) is 12.9. The fourth-order valence-electron chi connectivity index (χ4n) is 3.22. The van der Waals surface area contributed by atoms with Gasteiger partial charge in [0.1, 0.15) is 5.82 Å². The number of nitrogen functional groups attached to an aromatic ring is 1. The zero-order valence-electron chi connectivity index (χ0n) is 15.9. The van der Waals surface area contributed by atoms with Crippen molar-refractivity contribution in [1.82, 2.24) is 15.0 Å². The lowest BCUT2D eigenvalue weighted by atomic mass is 10.0. The molecular formula is C21H22N6O. The third kappa shape index (κ3) is 3.64. The average Bonchev–Trinajstić information content (AvgIpc) is 3.11. The molecule has 0 atom stereocenters. The van der Waals surface area contributed by atoms with Crippen molar-refractivity contribution in [3.05, 3.63) is 71.2 Å². The van der Waals surface area contributed by atoms with E-state index in [2.05, 4.69) is 34.1 Å². The molecule has 0 aliphatic carbocycles. The van der Waals surface area contributed by atoms with E-state index in [9.17, 15) is 4.79 Å². The maximum atomic E-state index is 12.7. The number of benzene rings is 1. The van der Waals surface area contributed by atoms with Crippen molar-refractivity contribution >= 4 is 23.4 Å². The van der Waals surface area contributed by atoms with Gasteiger partial charge in [-0.05, 0) is 35.7 Å². The van der Waals surface area contributed by atoms with Gasteiger partial charge in [0.15, 0.2) is 0 Å². The van der Waals surface area contributed by atoms with Gasteiger partial charge in [0.2, 0.25) is 5.95 Å². The molecule has 7 nitrogen and oxygen atoms in total. The predicted molar refractivity (Wildman–Crippen MR) is 109 cm³/mol. The van der Waals surface area contributed by atoms with Crippen molar-refractivity contribution in [2.75, 3.05) is 16.0 Å². The third-order valence-electron chi connectivity index (χ3n) is 4.84. The Morgan fingerprint density at radius 1 is 1.14 bits per heavy atom. The third-order valence-corrected chi connectivity index (χ3v) is 4.84. The number of nitrogens with zero attached hydrogens (tertiary/aromatic N) is 4. The second-order valence-corrected chi connectivity index (χ2v) is 7.19. The largest absolute Gasteiger partial charge is 0.368 e. The summed E-state index contributed by atoms with van der Waals surface area (Å²) in [6.07, 6.45) is 3.39. The van der Waals surface area contributed by atoms with Gasteiger partial charge in [-0.25, -0.2) is 15.0 Å². The van der Waals surface area contributed by atoms with Crippen LogP contribution in [0.2, 0.25) is 0 Å². The molecule has 1 amide bonds. The van der Waals surface area contributed by atoms with Crippen LogP contribution in [-0.2, 0) is 13.1 Å². The summed E-state index contributed by atoms with van der Waals surface area (Å²) in [6.45, 7) is 5.52. The number of pyridine rings is 1. The highest BCUT2D eigenvalue weighted by molar-refractivity contribution is 6.04. The summed E-state index contributed by atoms with van der Waals surface area (Å²) in [6, 6.07) is 11.4. The van der Waals surface area contributed by atoms with Crippen molar-refractivity contribution in [3.8, 4) is 0 Å². The topological polar surface area (TPSA) is 97.0 Å². The maximum absolute atomic E-state index is 12.7. The van der Waals surface area contributed by atoms with E-state index in [-0.39, 0.29) is 11.9 Å². The highest BCUT2D eigenvalue weighted by Gasteiger charge is 2.22. The molecule has 0 radical (unpaired) electrons. The van der Waals surface area contributed by atoms with Crippen molar-refractivity contribution < 1.29 is 4.79 Å². The Morgan fingerprint density at radius 3 is 2.68 bits per heavy atom. The van der Waals surface area contributed by atoms with Gasteiger partial charge in [-0.1, -0.05) is 26.0 Å². The molecule has 0 saturated heterocycles. The highest BCUT2D eigenvalue weighted by Crippen LogP contribution is 2.26. The van der Waals surface area contributed by atoms with Gasteiger partial charge in [-0.15, -0.1) is 0 Å². The van der Waals surface area contributed by atoms with E-state index < -0.39 is 0 Å². The first-order valence-electron chi connectivity index (χ1n) is 9.22. The molecule has 3 N–H and O–H groups in total. The molecule has 3 heterocycles. The Labute approximate surface area is 163 Å². The summed E-state index contributed by atoms with van der Waals surface area (Å²) >= 11 is 0. The zero-order chi connectivity index (χ0) is 19.7. The molecule has 0 fully saturated rings. The average molecular weight is 374 g/mol. The van der Waals surface area contributed by atoms with E-state index in [1.165, 1.54) is 5.56 Å². The second kappa shape index (κ2) is 7.26. The van der Waals surface area contributed by atoms with Crippen molar-refractivity contribution in [2.24, 2.45) is 0 Å². The minimum Gasteiger partial charge on any atom is -0.368 e. The van der Waals surface area contributed by atoms with E-state index in [1.54, 1.807) is 24.5 Å². The number of rotatable bonds is 4. The minimum absolute atomic E-state index is 0.165. The molecule has 0 bridgehead atoms. The number of hydrogen-bond acceptors (Lipinski definition) is 6. The van der Waals surface area contributed by atoms with Crippen LogP contribution in [0.5, 0.6) is 0 Å². The van der Waals surface area contributed by atoms with Gasteiger partial charge in [0, 0.05) is 35.8 Å². The quantitative estimate of drug-likeness (QED) is 0.727. The summed E-state index contributed by atoms with van der Waals surface area (Å²) in [4.78, 5) is 27.5. The smallest absolute Gasteiger partial charge is 0.255 e. The maximum Gasteiger partial charge on any atom is 0.255 e. The van der Waals surface area contributed by atoms with Crippen molar-refractivity contribution in [1.29, 1.82) is 0 Å². The molecule has 2 aromatic heterocycles. The van der Waals surface area contributed by atoms with Gasteiger partial charge in [0.05, 0.1) is 12.2 Å². The van der Waals surface area contributed by atoms with Crippen LogP contribution in [0.3, 0.4) is 0 Å². The van der Waals surface area contributed by atoms with Crippen LogP contribution in [-0.4, -0.2) is 20.9 Å². The minimum atomic E-state index is -0.165. The number of anilines is 3. The van der Waals surface area contributed by atoms with E-state index >= 15 is 0 Å². The number of nitrogens with one attached hydrogen (secondary N) is 1. The van der Waals surface area contributed by atoms with Crippen LogP contribution in [0.25, 0.3) is 0 Å². The van der Waals surface area contributed by atoms with Gasteiger partial charge in [0.25, 0.3) is 5.91 Å². The number of fused-ring (bicyclic) bond motifs is 1. The first-order chi connectivity index (χ1) is 13.5. The Hall–Kier alpha value is -3.48. The first kappa shape index (κ1) is 17.9. The summed E-state index contributed by atoms with van der Waals surface area (Å²) in [7, 11) is 0. The molecule has 1 aliphatic rings. The monoisotopic (exact) mass is 374 g/mol. The highest BCUT2D eigenvalue weighted by atomic mass is 16.1. The molecule has 3 aromatic rings. The van der Waals surface area contributed by atoms with Crippen LogP contribution in [0, 0.1) is 0 Å².